The van der Waals surface area contributed by atoms with Crippen molar-refractivity contribution < 1.29 is 19.7 Å². The van der Waals surface area contributed by atoms with E-state index in [1.165, 1.54) is 11.1 Å². The van der Waals surface area contributed by atoms with Crippen molar-refractivity contribution in [1.29, 1.82) is 0 Å². The molecule has 1 unspecified atom stereocenters. The molecule has 1 spiro atoms. The number of hydrogen-bond acceptors (Lipinski definition) is 4. The van der Waals surface area contributed by atoms with Crippen LogP contribution in [0.4, 0.5) is 0 Å². The number of fused-ring (bicyclic) bond motifs is 4. The van der Waals surface area contributed by atoms with E-state index >= 15 is 0 Å². The SMILES string of the molecule is CC(C)(O)CCCC1(C)OC(=O)[C@]23CC=C4C(=CC[C@H]5C(C)(C)[C@@H](O)CC[C@]45C)[C@]2(C)CC[C@H]13. The lowest BCUT2D eigenvalue weighted by molar-refractivity contribution is -0.158. The molecule has 190 valence electrons. The van der Waals surface area contributed by atoms with E-state index in [1.807, 2.05) is 13.8 Å². The van der Waals surface area contributed by atoms with Gasteiger partial charge in [-0.3, -0.25) is 4.79 Å². The molecular weight excluding hydrogens is 424 g/mol. The molecule has 1 saturated heterocycles. The van der Waals surface area contributed by atoms with E-state index in [1.54, 1.807) is 0 Å². The fourth-order valence-electron chi connectivity index (χ4n) is 9.48. The lowest BCUT2D eigenvalue weighted by Gasteiger charge is -2.60. The number of aliphatic hydroxyl groups excluding tert-OH is 1. The summed E-state index contributed by atoms with van der Waals surface area (Å²) < 4.78 is 6.30. The smallest absolute Gasteiger partial charge is 0.314 e. The van der Waals surface area contributed by atoms with Crippen LogP contribution in [0, 0.1) is 33.5 Å². The topological polar surface area (TPSA) is 66.8 Å². The number of carbonyl (C=O) groups is 1. The lowest BCUT2D eigenvalue weighted by atomic mass is 9.44. The van der Waals surface area contributed by atoms with E-state index < -0.39 is 16.6 Å². The zero-order valence-corrected chi connectivity index (χ0v) is 22.5. The Morgan fingerprint density at radius 3 is 2.41 bits per heavy atom. The number of aliphatic hydroxyl groups is 2. The molecule has 0 aromatic rings. The first-order valence-corrected chi connectivity index (χ1v) is 13.7. The van der Waals surface area contributed by atoms with Crippen molar-refractivity contribution in [2.75, 3.05) is 0 Å². The molecular formula is C30H46O4. The van der Waals surface area contributed by atoms with E-state index in [0.29, 0.717) is 12.3 Å². The second-order valence-electron chi connectivity index (χ2n) is 14.3. The molecule has 4 nitrogen and oxygen atoms in total. The minimum absolute atomic E-state index is 0.00568. The average molecular weight is 471 g/mol. The van der Waals surface area contributed by atoms with Gasteiger partial charge in [0.1, 0.15) is 5.60 Å². The van der Waals surface area contributed by atoms with Gasteiger partial charge in [-0.2, -0.15) is 0 Å². The number of rotatable bonds is 4. The molecule has 0 aromatic carbocycles. The van der Waals surface area contributed by atoms with Crippen molar-refractivity contribution in [3.63, 3.8) is 0 Å². The van der Waals surface area contributed by atoms with Crippen LogP contribution in [0.3, 0.4) is 0 Å². The fourth-order valence-corrected chi connectivity index (χ4v) is 9.48. The van der Waals surface area contributed by atoms with Crippen LogP contribution in [0.1, 0.15) is 106 Å². The van der Waals surface area contributed by atoms with Crippen LogP contribution in [0.2, 0.25) is 0 Å². The molecule has 2 N–H and O–H groups in total. The highest BCUT2D eigenvalue weighted by Gasteiger charge is 2.74. The summed E-state index contributed by atoms with van der Waals surface area (Å²) in [5.74, 6) is 0.635. The van der Waals surface area contributed by atoms with Gasteiger partial charge in [-0.1, -0.05) is 39.8 Å². The predicted octanol–water partition coefficient (Wildman–Crippen LogP) is 6.11. The number of cyclic esters (lactones) is 1. The Morgan fingerprint density at radius 1 is 1.03 bits per heavy atom. The predicted molar refractivity (Wildman–Crippen MR) is 134 cm³/mol. The molecule has 1 aliphatic heterocycles. The normalized spacial score (nSPS) is 47.1. The van der Waals surface area contributed by atoms with Crippen LogP contribution in [0.15, 0.2) is 23.3 Å². The summed E-state index contributed by atoms with van der Waals surface area (Å²) in [5, 5.41) is 21.0. The van der Waals surface area contributed by atoms with Gasteiger partial charge in [0, 0.05) is 11.3 Å². The van der Waals surface area contributed by atoms with Gasteiger partial charge in [0.2, 0.25) is 0 Å². The molecule has 0 radical (unpaired) electrons. The highest BCUT2D eigenvalue weighted by molar-refractivity contribution is 5.84. The molecule has 4 heteroatoms. The first-order valence-electron chi connectivity index (χ1n) is 13.7. The van der Waals surface area contributed by atoms with Crippen molar-refractivity contribution in [1.82, 2.24) is 0 Å². The van der Waals surface area contributed by atoms with Crippen molar-refractivity contribution in [2.24, 2.45) is 33.5 Å². The summed E-state index contributed by atoms with van der Waals surface area (Å²) >= 11 is 0. The van der Waals surface area contributed by atoms with Crippen LogP contribution < -0.4 is 0 Å². The molecule has 5 aliphatic rings. The molecule has 7 atom stereocenters. The first-order chi connectivity index (χ1) is 15.6. The summed E-state index contributed by atoms with van der Waals surface area (Å²) in [6.07, 6.45) is 12.6. The maximum Gasteiger partial charge on any atom is 0.314 e. The maximum absolute atomic E-state index is 13.8. The van der Waals surface area contributed by atoms with Gasteiger partial charge in [0.15, 0.2) is 0 Å². The maximum atomic E-state index is 13.8. The van der Waals surface area contributed by atoms with Gasteiger partial charge < -0.3 is 14.9 Å². The Kier molecular flexibility index (Phi) is 5.21. The zero-order valence-electron chi connectivity index (χ0n) is 22.5. The number of ether oxygens (including phenoxy) is 1. The third kappa shape index (κ3) is 3.00. The Bertz CT molecular complexity index is 953. The van der Waals surface area contributed by atoms with Gasteiger partial charge in [-0.05, 0) is 106 Å². The van der Waals surface area contributed by atoms with E-state index in [-0.39, 0.29) is 34.2 Å². The van der Waals surface area contributed by atoms with E-state index in [9.17, 15) is 15.0 Å². The summed E-state index contributed by atoms with van der Waals surface area (Å²) in [7, 11) is 0. The first kappa shape index (κ1) is 24.6. The molecule has 2 saturated carbocycles. The van der Waals surface area contributed by atoms with Crippen LogP contribution in [-0.4, -0.2) is 33.5 Å². The minimum atomic E-state index is -0.691. The summed E-state index contributed by atoms with van der Waals surface area (Å²) in [6.45, 7) is 15.1. The Morgan fingerprint density at radius 2 is 1.74 bits per heavy atom. The van der Waals surface area contributed by atoms with Crippen LogP contribution in [0.25, 0.3) is 0 Å². The van der Waals surface area contributed by atoms with Gasteiger partial charge in [-0.25, -0.2) is 0 Å². The molecule has 5 rings (SSSR count). The molecule has 0 amide bonds. The van der Waals surface area contributed by atoms with Gasteiger partial charge in [0.05, 0.1) is 17.1 Å². The summed E-state index contributed by atoms with van der Waals surface area (Å²) in [4.78, 5) is 13.8. The number of hydrogen-bond donors (Lipinski definition) is 2. The standard InChI is InChI=1S/C30H46O4/c1-25(2,33)14-8-15-29(7)22-12-17-28(6)20-9-10-21-26(3,4)23(31)13-16-27(21,5)19(20)11-18-30(22,28)24(32)34-29/h9,11,21-23,31,33H,8,10,12-18H2,1-7H3/t21-,22+,23-,27+,28-,29?,30+/m0/s1. The monoisotopic (exact) mass is 470 g/mol. The molecule has 4 aliphatic carbocycles. The van der Waals surface area contributed by atoms with E-state index in [2.05, 4.69) is 46.8 Å². The van der Waals surface area contributed by atoms with E-state index in [4.69, 9.17) is 4.74 Å². The third-order valence-corrected chi connectivity index (χ3v) is 11.6. The largest absolute Gasteiger partial charge is 0.459 e. The van der Waals surface area contributed by atoms with Crippen molar-refractivity contribution in [2.45, 2.75) is 124 Å². The average Bonchev–Trinajstić information content (AvgIpc) is 3.15. The van der Waals surface area contributed by atoms with E-state index in [0.717, 1.165) is 51.4 Å². The second kappa shape index (κ2) is 7.22. The molecule has 0 aromatic heterocycles. The quantitative estimate of drug-likeness (QED) is 0.487. The zero-order chi connectivity index (χ0) is 24.9. The molecule has 34 heavy (non-hydrogen) atoms. The van der Waals surface area contributed by atoms with Gasteiger partial charge in [-0.15, -0.1) is 0 Å². The number of esters is 1. The Hall–Kier alpha value is -1.13. The van der Waals surface area contributed by atoms with Crippen LogP contribution in [0.5, 0.6) is 0 Å². The van der Waals surface area contributed by atoms with Crippen molar-refractivity contribution in [3.8, 4) is 0 Å². The highest BCUT2D eigenvalue weighted by atomic mass is 16.6. The second-order valence-corrected chi connectivity index (χ2v) is 14.3. The number of carbonyl (C=O) groups excluding carboxylic acids is 1. The Balaban J connectivity index is 1.51. The van der Waals surface area contributed by atoms with Gasteiger partial charge in [0.25, 0.3) is 0 Å². The van der Waals surface area contributed by atoms with Crippen molar-refractivity contribution >= 4 is 5.97 Å². The highest BCUT2D eigenvalue weighted by Crippen LogP contribution is 2.74. The van der Waals surface area contributed by atoms with Crippen molar-refractivity contribution in [3.05, 3.63) is 23.3 Å². The summed E-state index contributed by atoms with van der Waals surface area (Å²) in [5.41, 5.74) is 0.988. The number of allylic oxidation sites excluding steroid dienone is 4. The lowest BCUT2D eigenvalue weighted by Crippen LogP contribution is -2.55. The summed E-state index contributed by atoms with van der Waals surface area (Å²) in [6, 6.07) is 0. The van der Waals surface area contributed by atoms with Gasteiger partial charge >= 0.3 is 5.97 Å². The molecule has 1 heterocycles. The van der Waals surface area contributed by atoms with Crippen LogP contribution in [-0.2, 0) is 9.53 Å². The Labute approximate surface area is 206 Å². The van der Waals surface area contributed by atoms with Crippen LogP contribution >= 0.6 is 0 Å². The fraction of sp³-hybridized carbons (Fsp3) is 0.833. The third-order valence-electron chi connectivity index (χ3n) is 11.6. The molecule has 3 fully saturated rings. The molecule has 0 bridgehead atoms. The minimum Gasteiger partial charge on any atom is -0.459 e.